The summed E-state index contributed by atoms with van der Waals surface area (Å²) < 4.78 is 13.0. The molecule has 1 aliphatic rings. The van der Waals surface area contributed by atoms with Crippen molar-refractivity contribution in [1.29, 1.82) is 0 Å². The number of hydrogen-bond donors (Lipinski definition) is 3. The standard InChI is InChI=1S/C23H26N2O6/c1-23(2,3)13-11-25-14-6-5-7-16(31-9-8-30-4)12(14)10-15(25)19-17(13)20(26)18(22(28)29)21(27)24-19/h5-7,10,13H,8-9,11H2,1-4H3,(H,28,29)(H2,24,26,27)/t13-/m0/s1. The van der Waals surface area contributed by atoms with Gasteiger partial charge in [-0.1, -0.05) is 26.8 Å². The number of aromatic carboxylic acids is 1. The summed E-state index contributed by atoms with van der Waals surface area (Å²) in [6, 6.07) is 7.67. The third kappa shape index (κ3) is 3.37. The molecule has 8 nitrogen and oxygen atoms in total. The Kier molecular flexibility index (Phi) is 5.05. The number of nitrogens with one attached hydrogen (secondary N) is 1. The van der Waals surface area contributed by atoms with E-state index in [-0.39, 0.29) is 11.3 Å². The molecule has 3 N–H and O–H groups in total. The number of fused-ring (bicyclic) bond motifs is 5. The normalized spacial score (nSPS) is 15.5. The summed E-state index contributed by atoms with van der Waals surface area (Å²) in [4.78, 5) is 26.9. The first-order chi connectivity index (χ1) is 14.6. The van der Waals surface area contributed by atoms with Gasteiger partial charge in [0.05, 0.1) is 23.5 Å². The second-order valence-electron chi connectivity index (χ2n) is 8.86. The molecule has 1 aliphatic heterocycles. The number of pyridine rings is 1. The quantitative estimate of drug-likeness (QED) is 0.538. The van der Waals surface area contributed by atoms with E-state index in [0.717, 1.165) is 10.9 Å². The van der Waals surface area contributed by atoms with Crippen molar-refractivity contribution in [2.45, 2.75) is 33.2 Å². The molecule has 3 aromatic rings. The number of nitrogens with zero attached hydrogens (tertiary/aromatic N) is 1. The van der Waals surface area contributed by atoms with Crippen LogP contribution in [0.25, 0.3) is 22.3 Å². The molecule has 31 heavy (non-hydrogen) atoms. The summed E-state index contributed by atoms with van der Waals surface area (Å²) in [5.41, 5.74) is 0.790. The average Bonchev–Trinajstić information content (AvgIpc) is 3.06. The number of carboxylic acid groups (broad SMARTS) is 1. The van der Waals surface area contributed by atoms with Crippen molar-refractivity contribution in [2.24, 2.45) is 5.41 Å². The number of hydrogen-bond acceptors (Lipinski definition) is 5. The predicted octanol–water partition coefficient (Wildman–Crippen LogP) is 3.57. The number of aromatic amines is 1. The number of carboxylic acids is 1. The molecule has 0 bridgehead atoms. The molecule has 1 aromatic carbocycles. The molecule has 164 valence electrons. The lowest BCUT2D eigenvalue weighted by Gasteiger charge is -2.37. The number of methoxy groups -OCH3 is 1. The minimum atomic E-state index is -1.45. The molecule has 0 saturated heterocycles. The zero-order valence-corrected chi connectivity index (χ0v) is 18.0. The molecular formula is C23H26N2O6. The molecule has 0 saturated carbocycles. The summed E-state index contributed by atoms with van der Waals surface area (Å²) in [6.07, 6.45) is 0. The van der Waals surface area contributed by atoms with Gasteiger partial charge in [-0.05, 0) is 23.6 Å². The smallest absolute Gasteiger partial charge is 0.345 e. The summed E-state index contributed by atoms with van der Waals surface area (Å²) >= 11 is 0. The summed E-state index contributed by atoms with van der Waals surface area (Å²) in [5, 5.41) is 21.2. The van der Waals surface area contributed by atoms with Gasteiger partial charge in [0.2, 0.25) is 0 Å². The number of aromatic hydroxyl groups is 1. The van der Waals surface area contributed by atoms with Crippen LogP contribution in [0.1, 0.15) is 42.6 Å². The van der Waals surface area contributed by atoms with Gasteiger partial charge in [-0.15, -0.1) is 0 Å². The SMILES string of the molecule is COCCOc1cccc2c1cc1n2C[C@H](C(C)(C)C)c2c-1[nH]c(=O)c(C(=O)O)c2O. The topological polar surface area (TPSA) is 114 Å². The molecule has 0 aliphatic carbocycles. The fourth-order valence-electron chi connectivity index (χ4n) is 4.35. The van der Waals surface area contributed by atoms with Crippen LogP contribution in [-0.4, -0.2) is 46.1 Å². The van der Waals surface area contributed by atoms with Gasteiger partial charge in [0, 0.05) is 30.5 Å². The maximum atomic E-state index is 12.5. The summed E-state index contributed by atoms with van der Waals surface area (Å²) in [7, 11) is 1.61. The number of H-pyrrole nitrogens is 1. The highest BCUT2D eigenvalue weighted by molar-refractivity contribution is 5.95. The lowest BCUT2D eigenvalue weighted by atomic mass is 9.73. The van der Waals surface area contributed by atoms with Crippen molar-refractivity contribution in [3.05, 3.63) is 45.7 Å². The van der Waals surface area contributed by atoms with E-state index in [2.05, 4.69) is 9.55 Å². The highest BCUT2D eigenvalue weighted by atomic mass is 16.5. The molecule has 0 fully saturated rings. The van der Waals surface area contributed by atoms with Crippen molar-refractivity contribution in [1.82, 2.24) is 9.55 Å². The van der Waals surface area contributed by atoms with Gasteiger partial charge in [-0.2, -0.15) is 0 Å². The van der Waals surface area contributed by atoms with Crippen molar-refractivity contribution >= 4 is 16.9 Å². The zero-order valence-electron chi connectivity index (χ0n) is 18.0. The maximum absolute atomic E-state index is 12.5. The van der Waals surface area contributed by atoms with Crippen LogP contribution in [0.3, 0.4) is 0 Å². The number of aromatic nitrogens is 2. The van der Waals surface area contributed by atoms with Crippen LogP contribution in [0, 0.1) is 5.41 Å². The van der Waals surface area contributed by atoms with E-state index < -0.39 is 22.8 Å². The van der Waals surface area contributed by atoms with Crippen LogP contribution in [0.2, 0.25) is 0 Å². The van der Waals surface area contributed by atoms with Crippen LogP contribution >= 0.6 is 0 Å². The zero-order chi connectivity index (χ0) is 22.5. The Morgan fingerprint density at radius 2 is 2.03 bits per heavy atom. The third-order valence-corrected chi connectivity index (χ3v) is 5.91. The molecule has 2 aromatic heterocycles. The van der Waals surface area contributed by atoms with Crippen LogP contribution < -0.4 is 10.3 Å². The van der Waals surface area contributed by atoms with E-state index in [4.69, 9.17) is 9.47 Å². The van der Waals surface area contributed by atoms with Crippen LogP contribution in [0.4, 0.5) is 0 Å². The molecule has 4 rings (SSSR count). The minimum Gasteiger partial charge on any atom is -0.506 e. The number of carbonyl (C=O) groups is 1. The monoisotopic (exact) mass is 426 g/mol. The first-order valence-electron chi connectivity index (χ1n) is 10.1. The first-order valence-corrected chi connectivity index (χ1v) is 10.1. The molecule has 3 heterocycles. The van der Waals surface area contributed by atoms with E-state index in [1.165, 1.54) is 0 Å². The lowest BCUT2D eigenvalue weighted by Crippen LogP contribution is -2.31. The Labute approximate surface area is 179 Å². The number of rotatable bonds is 5. The third-order valence-electron chi connectivity index (χ3n) is 5.91. The van der Waals surface area contributed by atoms with E-state index in [0.29, 0.717) is 42.5 Å². The Hall–Kier alpha value is -3.26. The van der Waals surface area contributed by atoms with Gasteiger partial charge in [0.25, 0.3) is 5.56 Å². The highest BCUT2D eigenvalue weighted by Gasteiger charge is 2.39. The van der Waals surface area contributed by atoms with Gasteiger partial charge >= 0.3 is 5.97 Å². The molecule has 0 spiro atoms. The van der Waals surface area contributed by atoms with E-state index in [1.54, 1.807) is 7.11 Å². The molecule has 0 radical (unpaired) electrons. The van der Waals surface area contributed by atoms with Crippen molar-refractivity contribution in [3.8, 4) is 22.9 Å². The Morgan fingerprint density at radius 1 is 1.29 bits per heavy atom. The average molecular weight is 426 g/mol. The Bertz CT molecular complexity index is 1230. The largest absolute Gasteiger partial charge is 0.506 e. The molecule has 0 amide bonds. The Balaban J connectivity index is 2.00. The fourth-order valence-corrected chi connectivity index (χ4v) is 4.35. The van der Waals surface area contributed by atoms with E-state index >= 15 is 0 Å². The highest BCUT2D eigenvalue weighted by Crippen LogP contribution is 2.50. The number of benzene rings is 1. The predicted molar refractivity (Wildman–Crippen MR) is 116 cm³/mol. The summed E-state index contributed by atoms with van der Waals surface area (Å²) in [5.74, 6) is -1.44. The fraction of sp³-hybridized carbons (Fsp3) is 0.391. The van der Waals surface area contributed by atoms with Gasteiger partial charge in [0.1, 0.15) is 18.1 Å². The van der Waals surface area contributed by atoms with Crippen LogP contribution in [-0.2, 0) is 11.3 Å². The van der Waals surface area contributed by atoms with Crippen LogP contribution in [0.5, 0.6) is 11.5 Å². The second kappa shape index (κ2) is 7.46. The van der Waals surface area contributed by atoms with E-state index in [1.807, 2.05) is 45.0 Å². The van der Waals surface area contributed by atoms with Gasteiger partial charge < -0.3 is 29.2 Å². The molecule has 8 heteroatoms. The second-order valence-corrected chi connectivity index (χ2v) is 8.86. The van der Waals surface area contributed by atoms with Crippen molar-refractivity contribution in [2.75, 3.05) is 20.3 Å². The van der Waals surface area contributed by atoms with Gasteiger partial charge in [0.15, 0.2) is 5.56 Å². The lowest BCUT2D eigenvalue weighted by molar-refractivity contribution is 0.0691. The van der Waals surface area contributed by atoms with Crippen molar-refractivity contribution in [3.63, 3.8) is 0 Å². The minimum absolute atomic E-state index is 0.224. The number of ether oxygens (including phenoxy) is 2. The Morgan fingerprint density at radius 3 is 2.68 bits per heavy atom. The van der Waals surface area contributed by atoms with Gasteiger partial charge in [-0.25, -0.2) is 4.79 Å². The first kappa shape index (κ1) is 21.0. The van der Waals surface area contributed by atoms with E-state index in [9.17, 15) is 19.8 Å². The molecule has 1 atom stereocenters. The molecule has 0 unspecified atom stereocenters. The maximum Gasteiger partial charge on any atom is 0.345 e. The summed E-state index contributed by atoms with van der Waals surface area (Å²) in [6.45, 7) is 7.47. The molecular weight excluding hydrogens is 400 g/mol. The van der Waals surface area contributed by atoms with Crippen molar-refractivity contribution < 1.29 is 24.5 Å². The van der Waals surface area contributed by atoms with Gasteiger partial charge in [-0.3, -0.25) is 4.79 Å². The van der Waals surface area contributed by atoms with Crippen LogP contribution in [0.15, 0.2) is 29.1 Å².